The first-order chi connectivity index (χ1) is 19.1. The van der Waals surface area contributed by atoms with Crippen LogP contribution in [0.3, 0.4) is 0 Å². The first kappa shape index (κ1) is 26.6. The number of carbonyl (C=O) groups is 2. The average molecular weight is 538 g/mol. The Hall–Kier alpha value is -5.05. The normalized spacial score (nSPS) is 13.8. The summed E-state index contributed by atoms with van der Waals surface area (Å²) in [7, 11) is 1.55. The van der Waals surface area contributed by atoms with Gasteiger partial charge in [0.15, 0.2) is 5.78 Å². The highest BCUT2D eigenvalue weighted by atomic mass is 16.6. The van der Waals surface area contributed by atoms with Gasteiger partial charge in [-0.15, -0.1) is 0 Å². The molecule has 1 aromatic heterocycles. The number of aromatic nitrogens is 1. The predicted octanol–water partition coefficient (Wildman–Crippen LogP) is 5.83. The summed E-state index contributed by atoms with van der Waals surface area (Å²) < 4.78 is 6.70. The second kappa shape index (κ2) is 10.3. The third-order valence-electron chi connectivity index (χ3n) is 7.02. The molecule has 1 aliphatic carbocycles. The number of nitrogens with one attached hydrogen (secondary N) is 1. The zero-order valence-corrected chi connectivity index (χ0v) is 22.3. The number of ether oxygens (including phenoxy) is 1. The SMILES string of the molecule is COc1ccc(-n2c3c(cc(C(=O)Nc4ccc(-c5ccc([N+](=O)[O-])cc5)cc4)c2=O)C(=O)CC(C)(C)C3)cc1. The van der Waals surface area contributed by atoms with Crippen molar-refractivity contribution in [3.8, 4) is 22.6 Å². The first-order valence-electron chi connectivity index (χ1n) is 12.7. The maximum absolute atomic E-state index is 13.8. The molecule has 1 amide bonds. The third kappa shape index (κ3) is 5.13. The first-order valence-corrected chi connectivity index (χ1v) is 12.7. The number of amides is 1. The van der Waals surface area contributed by atoms with Crippen molar-refractivity contribution >= 4 is 23.1 Å². The van der Waals surface area contributed by atoms with E-state index in [0.29, 0.717) is 41.2 Å². The summed E-state index contributed by atoms with van der Waals surface area (Å²) in [5, 5.41) is 13.7. The van der Waals surface area contributed by atoms with Crippen molar-refractivity contribution in [3.05, 3.63) is 116 Å². The monoisotopic (exact) mass is 537 g/mol. The summed E-state index contributed by atoms with van der Waals surface area (Å²) in [5.41, 5.74) is 2.54. The largest absolute Gasteiger partial charge is 0.497 e. The summed E-state index contributed by atoms with van der Waals surface area (Å²) in [6, 6.07) is 21.4. The Balaban J connectivity index is 1.49. The lowest BCUT2D eigenvalue weighted by Crippen LogP contribution is -2.37. The van der Waals surface area contributed by atoms with Gasteiger partial charge < -0.3 is 10.1 Å². The molecule has 3 aromatic carbocycles. The fourth-order valence-corrected chi connectivity index (χ4v) is 5.00. The van der Waals surface area contributed by atoms with Crippen molar-refractivity contribution in [2.75, 3.05) is 12.4 Å². The highest BCUT2D eigenvalue weighted by Crippen LogP contribution is 2.35. The fourth-order valence-electron chi connectivity index (χ4n) is 5.00. The molecule has 1 aliphatic rings. The highest BCUT2D eigenvalue weighted by Gasteiger charge is 2.35. The van der Waals surface area contributed by atoms with Gasteiger partial charge in [-0.05, 0) is 77.6 Å². The molecule has 9 nitrogen and oxygen atoms in total. The second-order valence-corrected chi connectivity index (χ2v) is 10.5. The molecule has 4 aromatic rings. The molecule has 0 aliphatic heterocycles. The lowest BCUT2D eigenvalue weighted by atomic mass is 9.75. The van der Waals surface area contributed by atoms with E-state index < -0.39 is 16.4 Å². The van der Waals surface area contributed by atoms with Crippen molar-refractivity contribution in [2.24, 2.45) is 5.41 Å². The fraction of sp³-hybridized carbons (Fsp3) is 0.194. The summed E-state index contributed by atoms with van der Waals surface area (Å²) in [5.74, 6) is -0.126. The van der Waals surface area contributed by atoms with Crippen LogP contribution in [0.5, 0.6) is 5.75 Å². The lowest BCUT2D eigenvalue weighted by Gasteiger charge is -2.32. The van der Waals surface area contributed by atoms with Crippen molar-refractivity contribution in [1.29, 1.82) is 0 Å². The van der Waals surface area contributed by atoms with E-state index >= 15 is 0 Å². The quantitative estimate of drug-likeness (QED) is 0.244. The Morgan fingerprint density at radius 2 is 1.52 bits per heavy atom. The second-order valence-electron chi connectivity index (χ2n) is 10.5. The van der Waals surface area contributed by atoms with E-state index in [-0.39, 0.29) is 22.4 Å². The number of non-ortho nitro benzene ring substituents is 1. The number of rotatable bonds is 6. The third-order valence-corrected chi connectivity index (χ3v) is 7.02. The number of nitrogens with zero attached hydrogens (tertiary/aromatic N) is 2. The molecule has 202 valence electrons. The molecule has 5 rings (SSSR count). The van der Waals surface area contributed by atoms with Crippen molar-refractivity contribution < 1.29 is 19.2 Å². The zero-order valence-electron chi connectivity index (χ0n) is 22.3. The van der Waals surface area contributed by atoms with Crippen molar-refractivity contribution in [3.63, 3.8) is 0 Å². The van der Waals surface area contributed by atoms with Gasteiger partial charge in [-0.2, -0.15) is 0 Å². The van der Waals surface area contributed by atoms with Gasteiger partial charge in [0.1, 0.15) is 11.3 Å². The van der Waals surface area contributed by atoms with E-state index in [2.05, 4.69) is 5.32 Å². The molecule has 0 unspecified atom stereocenters. The highest BCUT2D eigenvalue weighted by molar-refractivity contribution is 6.07. The van der Waals surface area contributed by atoms with E-state index in [1.54, 1.807) is 67.8 Å². The molecule has 0 saturated carbocycles. The Bertz CT molecular complexity index is 1690. The molecule has 1 N–H and O–H groups in total. The molecular formula is C31H27N3O6. The van der Waals surface area contributed by atoms with Gasteiger partial charge in [-0.25, -0.2) is 0 Å². The number of benzene rings is 3. The number of anilines is 1. The van der Waals surface area contributed by atoms with Crippen LogP contribution in [0.2, 0.25) is 0 Å². The number of ketones is 1. The maximum Gasteiger partial charge on any atom is 0.269 e. The number of hydrogen-bond donors (Lipinski definition) is 1. The van der Waals surface area contributed by atoms with E-state index in [1.165, 1.54) is 22.8 Å². The Morgan fingerprint density at radius 3 is 2.10 bits per heavy atom. The van der Waals surface area contributed by atoms with E-state index in [0.717, 1.165) is 11.1 Å². The van der Waals surface area contributed by atoms with Crippen LogP contribution in [-0.2, 0) is 6.42 Å². The van der Waals surface area contributed by atoms with Gasteiger partial charge in [-0.3, -0.25) is 29.1 Å². The number of hydrogen-bond acceptors (Lipinski definition) is 6. The molecule has 40 heavy (non-hydrogen) atoms. The Morgan fingerprint density at radius 1 is 0.925 bits per heavy atom. The molecule has 0 atom stereocenters. The van der Waals surface area contributed by atoms with Gasteiger partial charge in [-0.1, -0.05) is 26.0 Å². The molecule has 0 bridgehead atoms. The number of carbonyl (C=O) groups excluding carboxylic acids is 2. The minimum absolute atomic E-state index is 0.0000225. The summed E-state index contributed by atoms with van der Waals surface area (Å²) in [6.07, 6.45) is 0.813. The standard InChI is InChI=1S/C31H27N3O6/c1-31(2)17-27-25(28(35)18-31)16-26(30(37)33(27)22-12-14-24(40-3)15-13-22)29(36)32-21-8-4-19(5-9-21)20-6-10-23(11-7-20)34(38)39/h4-16H,17-18H2,1-3H3,(H,32,36). The van der Waals surface area contributed by atoms with E-state index in [4.69, 9.17) is 4.74 Å². The maximum atomic E-state index is 13.8. The van der Waals surface area contributed by atoms with Crippen LogP contribution < -0.4 is 15.6 Å². The Kier molecular flexibility index (Phi) is 6.81. The number of nitro benzene ring substituents is 1. The minimum atomic E-state index is -0.629. The van der Waals surface area contributed by atoms with Crippen molar-refractivity contribution in [1.82, 2.24) is 4.57 Å². The molecule has 0 fully saturated rings. The topological polar surface area (TPSA) is 121 Å². The van der Waals surface area contributed by atoms with Crippen molar-refractivity contribution in [2.45, 2.75) is 26.7 Å². The molecule has 1 heterocycles. The van der Waals surface area contributed by atoms with E-state index in [1.807, 2.05) is 13.8 Å². The minimum Gasteiger partial charge on any atom is -0.497 e. The molecule has 9 heteroatoms. The zero-order chi connectivity index (χ0) is 28.6. The predicted molar refractivity (Wildman–Crippen MR) is 152 cm³/mol. The van der Waals surface area contributed by atoms with E-state index in [9.17, 15) is 24.5 Å². The summed E-state index contributed by atoms with van der Waals surface area (Å²) in [4.78, 5) is 50.8. The number of Topliss-reactive ketones (excluding diaryl/α,β-unsaturated/α-hetero) is 1. The molecule has 0 saturated heterocycles. The lowest BCUT2D eigenvalue weighted by molar-refractivity contribution is -0.384. The van der Waals surface area contributed by atoms with Gasteiger partial charge in [0, 0.05) is 41.2 Å². The number of fused-ring (bicyclic) bond motifs is 1. The molecule has 0 radical (unpaired) electrons. The smallest absolute Gasteiger partial charge is 0.269 e. The van der Waals surface area contributed by atoms with Gasteiger partial charge in [0.2, 0.25) is 0 Å². The average Bonchev–Trinajstić information content (AvgIpc) is 2.93. The number of methoxy groups -OCH3 is 1. The molecule has 0 spiro atoms. The van der Waals surface area contributed by atoms with Crippen LogP contribution in [0.1, 0.15) is 46.7 Å². The van der Waals surface area contributed by atoms with Crippen LogP contribution in [0.25, 0.3) is 16.8 Å². The van der Waals surface area contributed by atoms with Crippen LogP contribution in [0, 0.1) is 15.5 Å². The Labute approximate surface area is 230 Å². The van der Waals surface area contributed by atoms with Crippen LogP contribution >= 0.6 is 0 Å². The summed E-state index contributed by atoms with van der Waals surface area (Å²) >= 11 is 0. The van der Waals surface area contributed by atoms with Gasteiger partial charge in [0.25, 0.3) is 17.2 Å². The van der Waals surface area contributed by atoms with Crippen LogP contribution in [0.15, 0.2) is 83.7 Å². The van der Waals surface area contributed by atoms with Gasteiger partial charge in [0.05, 0.1) is 12.0 Å². The number of nitro groups is 1. The number of pyridine rings is 1. The van der Waals surface area contributed by atoms with Gasteiger partial charge >= 0.3 is 0 Å². The molecular weight excluding hydrogens is 510 g/mol. The summed E-state index contributed by atoms with van der Waals surface area (Å²) in [6.45, 7) is 3.97. The van der Waals surface area contributed by atoms with Crippen LogP contribution in [0.4, 0.5) is 11.4 Å². The van der Waals surface area contributed by atoms with Crippen LogP contribution in [-0.4, -0.2) is 28.3 Å².